The van der Waals surface area contributed by atoms with E-state index in [1.54, 1.807) is 0 Å². The zero-order chi connectivity index (χ0) is 13.9. The van der Waals surface area contributed by atoms with E-state index >= 15 is 0 Å². The zero-order valence-corrected chi connectivity index (χ0v) is 11.9. The van der Waals surface area contributed by atoms with Gasteiger partial charge >= 0.3 is 6.09 Å². The first-order valence-electron chi connectivity index (χ1n) is 7.47. The van der Waals surface area contributed by atoms with Crippen LogP contribution in [0.25, 0.3) is 0 Å². The van der Waals surface area contributed by atoms with Crippen molar-refractivity contribution < 1.29 is 9.53 Å². The lowest BCUT2D eigenvalue weighted by Crippen LogP contribution is -2.57. The van der Waals surface area contributed by atoms with E-state index < -0.39 is 0 Å². The molecule has 1 N–H and O–H groups in total. The highest BCUT2D eigenvalue weighted by Crippen LogP contribution is 2.27. The molecular formula is C16H22N2O2. The van der Waals surface area contributed by atoms with E-state index in [2.05, 4.69) is 10.2 Å². The Bertz CT molecular complexity index is 455. The van der Waals surface area contributed by atoms with Gasteiger partial charge in [-0.15, -0.1) is 0 Å². The van der Waals surface area contributed by atoms with Crippen molar-refractivity contribution in [2.24, 2.45) is 5.92 Å². The van der Waals surface area contributed by atoms with Crippen LogP contribution in [0.15, 0.2) is 30.3 Å². The fourth-order valence-corrected chi connectivity index (χ4v) is 3.27. The molecular weight excluding hydrogens is 252 g/mol. The van der Waals surface area contributed by atoms with Crippen LogP contribution in [0.4, 0.5) is 4.79 Å². The van der Waals surface area contributed by atoms with Crippen LogP contribution < -0.4 is 5.32 Å². The number of fused-ring (bicyclic) bond motifs is 3. The normalized spacial score (nSPS) is 29.8. The first-order valence-corrected chi connectivity index (χ1v) is 7.47. The second kappa shape index (κ2) is 5.83. The quantitative estimate of drug-likeness (QED) is 0.921. The van der Waals surface area contributed by atoms with Crippen LogP contribution in [-0.4, -0.2) is 36.7 Å². The van der Waals surface area contributed by atoms with E-state index in [4.69, 9.17) is 4.74 Å². The van der Waals surface area contributed by atoms with Gasteiger partial charge in [-0.05, 0) is 44.3 Å². The smallest absolute Gasteiger partial charge is 0.408 e. The molecule has 1 amide bonds. The highest BCUT2D eigenvalue weighted by Gasteiger charge is 2.35. The van der Waals surface area contributed by atoms with Gasteiger partial charge in [0.1, 0.15) is 6.10 Å². The Hall–Kier alpha value is -1.55. The molecule has 4 rings (SSSR count). The van der Waals surface area contributed by atoms with Gasteiger partial charge in [-0.1, -0.05) is 30.3 Å². The fraction of sp³-hybridized carbons (Fsp3) is 0.562. The second-order valence-corrected chi connectivity index (χ2v) is 5.85. The molecule has 108 valence electrons. The van der Waals surface area contributed by atoms with E-state index in [-0.39, 0.29) is 18.2 Å². The number of nitrogens with one attached hydrogen (secondary N) is 1. The van der Waals surface area contributed by atoms with Crippen molar-refractivity contribution in [2.75, 3.05) is 19.6 Å². The molecule has 0 saturated carbocycles. The average Bonchev–Trinajstić information content (AvgIpc) is 2.49. The van der Waals surface area contributed by atoms with Crippen LogP contribution in [0.2, 0.25) is 0 Å². The molecule has 4 heteroatoms. The number of amides is 1. The fourth-order valence-electron chi connectivity index (χ4n) is 3.27. The number of carbonyl (C=O) groups is 1. The molecule has 4 nitrogen and oxygen atoms in total. The Morgan fingerprint density at radius 1 is 1.30 bits per heavy atom. The van der Waals surface area contributed by atoms with Crippen LogP contribution >= 0.6 is 0 Å². The molecule has 20 heavy (non-hydrogen) atoms. The Labute approximate surface area is 120 Å². The summed E-state index contributed by atoms with van der Waals surface area (Å²) in [6, 6.07) is 10.1. The summed E-state index contributed by atoms with van der Waals surface area (Å²) >= 11 is 0. The number of rotatable bonds is 3. The summed E-state index contributed by atoms with van der Waals surface area (Å²) in [6.07, 6.45) is 1.88. The third-order valence-corrected chi connectivity index (χ3v) is 4.51. The summed E-state index contributed by atoms with van der Waals surface area (Å²) in [5.74, 6) is 0.625. The lowest BCUT2D eigenvalue weighted by molar-refractivity contribution is 0.0568. The third kappa shape index (κ3) is 2.96. The van der Waals surface area contributed by atoms with Gasteiger partial charge in [-0.2, -0.15) is 0 Å². The van der Waals surface area contributed by atoms with Gasteiger partial charge in [0.2, 0.25) is 0 Å². The van der Waals surface area contributed by atoms with Crippen molar-refractivity contribution in [1.82, 2.24) is 10.2 Å². The highest BCUT2D eigenvalue weighted by molar-refractivity contribution is 5.68. The van der Waals surface area contributed by atoms with Crippen molar-refractivity contribution in [2.45, 2.75) is 31.9 Å². The van der Waals surface area contributed by atoms with Crippen molar-refractivity contribution in [1.29, 1.82) is 0 Å². The van der Waals surface area contributed by atoms with Gasteiger partial charge in [-0.3, -0.25) is 0 Å². The van der Waals surface area contributed by atoms with Gasteiger partial charge in [-0.25, -0.2) is 4.79 Å². The molecule has 3 fully saturated rings. The maximum absolute atomic E-state index is 12.0. The zero-order valence-electron chi connectivity index (χ0n) is 11.9. The van der Waals surface area contributed by atoms with Crippen LogP contribution in [0.5, 0.6) is 0 Å². The number of ether oxygens (including phenoxy) is 1. The second-order valence-electron chi connectivity index (χ2n) is 5.85. The number of hydrogen-bond acceptors (Lipinski definition) is 3. The first kappa shape index (κ1) is 13.4. The Morgan fingerprint density at radius 2 is 2.00 bits per heavy atom. The van der Waals surface area contributed by atoms with Crippen molar-refractivity contribution in [3.8, 4) is 0 Å². The summed E-state index contributed by atoms with van der Waals surface area (Å²) in [4.78, 5) is 14.4. The summed E-state index contributed by atoms with van der Waals surface area (Å²) in [7, 11) is 0. The molecule has 3 saturated heterocycles. The number of alkyl carbamates (subject to hydrolysis) is 1. The van der Waals surface area contributed by atoms with Crippen LogP contribution in [0.1, 0.15) is 31.4 Å². The lowest BCUT2D eigenvalue weighted by Gasteiger charge is -2.44. The molecule has 3 aliphatic rings. The molecule has 2 atom stereocenters. The maximum Gasteiger partial charge on any atom is 0.408 e. The Kier molecular flexibility index (Phi) is 3.92. The van der Waals surface area contributed by atoms with Crippen LogP contribution in [0.3, 0.4) is 0 Å². The lowest BCUT2D eigenvalue weighted by atomic mass is 9.84. The molecule has 0 radical (unpaired) electrons. The summed E-state index contributed by atoms with van der Waals surface area (Å²) in [5, 5.41) is 3.05. The van der Waals surface area contributed by atoms with Gasteiger partial charge in [0.05, 0.1) is 0 Å². The van der Waals surface area contributed by atoms with Crippen molar-refractivity contribution in [3.63, 3.8) is 0 Å². The van der Waals surface area contributed by atoms with Crippen molar-refractivity contribution >= 4 is 6.09 Å². The monoisotopic (exact) mass is 274 g/mol. The minimum absolute atomic E-state index is 0.211. The van der Waals surface area contributed by atoms with Gasteiger partial charge in [0.25, 0.3) is 0 Å². The average molecular weight is 274 g/mol. The Balaban J connectivity index is 1.52. The minimum Gasteiger partial charge on any atom is -0.442 e. The number of carbonyl (C=O) groups excluding carboxylic acids is 1. The summed E-state index contributed by atoms with van der Waals surface area (Å²) in [5.41, 5.74) is 1.02. The van der Waals surface area contributed by atoms with Gasteiger partial charge in [0, 0.05) is 12.6 Å². The largest absolute Gasteiger partial charge is 0.442 e. The standard InChI is InChI=1S/C16H22N2O2/c1-12(13-5-3-2-4-6-13)20-16(19)17-15-11-18-9-7-14(15)8-10-18/h2-6,12,14-15H,7-11H2,1H3,(H,17,19). The SMILES string of the molecule is CC(OC(=O)NC1CN2CCC1CC2)c1ccccc1. The summed E-state index contributed by atoms with van der Waals surface area (Å²) in [6.45, 7) is 5.24. The van der Waals surface area contributed by atoms with Gasteiger partial charge < -0.3 is 15.0 Å². The third-order valence-electron chi connectivity index (χ3n) is 4.51. The number of benzene rings is 1. The van der Waals surface area contributed by atoms with E-state index in [0.29, 0.717) is 5.92 Å². The molecule has 1 aromatic rings. The molecule has 2 bridgehead atoms. The van der Waals surface area contributed by atoms with E-state index in [0.717, 1.165) is 12.1 Å². The van der Waals surface area contributed by atoms with E-state index in [1.165, 1.54) is 25.9 Å². The number of piperidine rings is 3. The number of nitrogens with zero attached hydrogens (tertiary/aromatic N) is 1. The minimum atomic E-state index is -0.292. The predicted octanol–water partition coefficient (Wildman–Crippen LogP) is 2.57. The van der Waals surface area contributed by atoms with Crippen molar-refractivity contribution in [3.05, 3.63) is 35.9 Å². The van der Waals surface area contributed by atoms with E-state index in [1.807, 2.05) is 37.3 Å². The van der Waals surface area contributed by atoms with Crippen LogP contribution in [0, 0.1) is 5.92 Å². The first-order chi connectivity index (χ1) is 9.72. The molecule has 3 heterocycles. The predicted molar refractivity (Wildman–Crippen MR) is 77.4 cm³/mol. The van der Waals surface area contributed by atoms with Crippen LogP contribution in [-0.2, 0) is 4.74 Å². The molecule has 1 aromatic carbocycles. The maximum atomic E-state index is 12.0. The summed E-state index contributed by atoms with van der Waals surface area (Å²) < 4.78 is 5.48. The molecule has 0 aliphatic carbocycles. The molecule has 3 aliphatic heterocycles. The molecule has 0 aromatic heterocycles. The van der Waals surface area contributed by atoms with E-state index in [9.17, 15) is 4.79 Å². The topological polar surface area (TPSA) is 41.6 Å². The highest BCUT2D eigenvalue weighted by atomic mass is 16.6. The molecule has 2 unspecified atom stereocenters. The Morgan fingerprint density at radius 3 is 2.60 bits per heavy atom. The number of hydrogen-bond donors (Lipinski definition) is 1. The van der Waals surface area contributed by atoms with Gasteiger partial charge in [0.15, 0.2) is 0 Å². The molecule has 0 spiro atoms.